The molecule has 1 unspecified atom stereocenters. The zero-order chi connectivity index (χ0) is 11.4. The van der Waals surface area contributed by atoms with Gasteiger partial charge in [-0.1, -0.05) is 20.3 Å². The summed E-state index contributed by atoms with van der Waals surface area (Å²) in [6.45, 7) is 5.84. The molecule has 90 valence electrons. The summed E-state index contributed by atoms with van der Waals surface area (Å²) >= 11 is 1.79. The molecule has 2 rings (SSSR count). The van der Waals surface area contributed by atoms with Crippen molar-refractivity contribution in [1.82, 2.24) is 10.3 Å². The van der Waals surface area contributed by atoms with Crippen molar-refractivity contribution in [3.05, 3.63) is 16.6 Å². The average molecular weight is 238 g/mol. The third-order valence-corrected chi connectivity index (χ3v) is 4.11. The molecule has 0 radical (unpaired) electrons. The maximum atomic E-state index is 4.17. The summed E-state index contributed by atoms with van der Waals surface area (Å²) < 4.78 is 0. The first kappa shape index (κ1) is 12.1. The molecule has 1 aliphatic rings. The number of hydrogen-bond donors (Lipinski definition) is 1. The van der Waals surface area contributed by atoms with Crippen molar-refractivity contribution in [2.75, 3.05) is 6.54 Å². The molecule has 1 aromatic heterocycles. The van der Waals surface area contributed by atoms with E-state index in [0.717, 1.165) is 12.6 Å². The van der Waals surface area contributed by atoms with Crippen molar-refractivity contribution in [3.63, 3.8) is 0 Å². The minimum atomic E-state index is 0.407. The summed E-state index contributed by atoms with van der Waals surface area (Å²) in [6, 6.07) is 0.817. The molecule has 0 amide bonds. The quantitative estimate of drug-likeness (QED) is 0.789. The van der Waals surface area contributed by atoms with Gasteiger partial charge in [-0.3, -0.25) is 4.98 Å². The van der Waals surface area contributed by atoms with E-state index in [1.54, 1.807) is 11.3 Å². The summed E-state index contributed by atoms with van der Waals surface area (Å²) in [7, 11) is 0. The molecular weight excluding hydrogens is 216 g/mol. The fraction of sp³-hybridized carbons (Fsp3) is 0.769. The summed E-state index contributed by atoms with van der Waals surface area (Å²) in [5, 5.41) is 3.68. The number of nitrogens with zero attached hydrogens (tertiary/aromatic N) is 1. The molecular formula is C13H22N2S. The topological polar surface area (TPSA) is 24.9 Å². The maximum absolute atomic E-state index is 4.17. The van der Waals surface area contributed by atoms with Crippen LogP contribution >= 0.6 is 11.3 Å². The van der Waals surface area contributed by atoms with Crippen molar-refractivity contribution in [2.45, 2.75) is 52.0 Å². The van der Waals surface area contributed by atoms with Crippen LogP contribution in [0.4, 0.5) is 0 Å². The highest BCUT2D eigenvalue weighted by Gasteiger charge is 2.28. The molecule has 1 aliphatic carbocycles. The zero-order valence-corrected chi connectivity index (χ0v) is 11.1. The lowest BCUT2D eigenvalue weighted by atomic mass is 9.81. The van der Waals surface area contributed by atoms with Gasteiger partial charge in [0, 0.05) is 23.7 Å². The van der Waals surface area contributed by atoms with Crippen LogP contribution in [0.25, 0.3) is 0 Å². The minimum Gasteiger partial charge on any atom is -0.313 e. The number of aromatic nitrogens is 1. The third kappa shape index (κ3) is 3.56. The van der Waals surface area contributed by atoms with Gasteiger partial charge in [-0.25, -0.2) is 0 Å². The fourth-order valence-electron chi connectivity index (χ4n) is 2.27. The van der Waals surface area contributed by atoms with Gasteiger partial charge in [0.15, 0.2) is 0 Å². The molecule has 3 heteroatoms. The second kappa shape index (κ2) is 5.28. The molecule has 1 fully saturated rings. The number of rotatable bonds is 7. The van der Waals surface area contributed by atoms with Crippen LogP contribution in [0.1, 0.15) is 44.4 Å². The molecule has 0 bridgehead atoms. The first-order valence-corrected chi connectivity index (χ1v) is 7.20. The maximum Gasteiger partial charge on any atom is 0.0794 e. The predicted molar refractivity (Wildman–Crippen MR) is 69.9 cm³/mol. The van der Waals surface area contributed by atoms with Gasteiger partial charge in [0.25, 0.3) is 0 Å². The van der Waals surface area contributed by atoms with E-state index in [0.29, 0.717) is 5.41 Å². The Morgan fingerprint density at radius 3 is 2.94 bits per heavy atom. The predicted octanol–water partition coefficient (Wildman–Crippen LogP) is 3.24. The second-order valence-corrected chi connectivity index (χ2v) is 6.33. The Hall–Kier alpha value is -0.410. The number of thiazole rings is 1. The van der Waals surface area contributed by atoms with Crippen molar-refractivity contribution in [2.24, 2.45) is 5.41 Å². The van der Waals surface area contributed by atoms with Crippen LogP contribution in [0.5, 0.6) is 0 Å². The first-order chi connectivity index (χ1) is 7.72. The van der Waals surface area contributed by atoms with E-state index in [2.05, 4.69) is 24.1 Å². The van der Waals surface area contributed by atoms with Gasteiger partial charge < -0.3 is 5.32 Å². The second-order valence-electron chi connectivity index (χ2n) is 5.36. The summed E-state index contributed by atoms with van der Waals surface area (Å²) in [4.78, 5) is 5.60. The van der Waals surface area contributed by atoms with Crippen molar-refractivity contribution < 1.29 is 0 Å². The first-order valence-electron chi connectivity index (χ1n) is 6.32. The lowest BCUT2D eigenvalue weighted by molar-refractivity contribution is 0.276. The SMILES string of the molecule is CCCC(C)(CNC1CC1)Cc1cncs1. The van der Waals surface area contributed by atoms with E-state index in [1.807, 2.05) is 11.7 Å². The Bertz CT molecular complexity index is 306. The molecule has 1 heterocycles. The summed E-state index contributed by atoms with van der Waals surface area (Å²) in [6.07, 6.45) is 8.51. The van der Waals surface area contributed by atoms with Gasteiger partial charge in [0.1, 0.15) is 0 Å². The molecule has 0 spiro atoms. The van der Waals surface area contributed by atoms with E-state index in [-0.39, 0.29) is 0 Å². The molecule has 1 N–H and O–H groups in total. The fourth-order valence-corrected chi connectivity index (χ4v) is 3.08. The van der Waals surface area contributed by atoms with Crippen LogP contribution in [-0.2, 0) is 6.42 Å². The van der Waals surface area contributed by atoms with Crippen molar-refractivity contribution in [3.8, 4) is 0 Å². The van der Waals surface area contributed by atoms with Gasteiger partial charge in [-0.05, 0) is 31.1 Å². The minimum absolute atomic E-state index is 0.407. The molecule has 2 nitrogen and oxygen atoms in total. The van der Waals surface area contributed by atoms with Crippen LogP contribution in [0.15, 0.2) is 11.7 Å². The van der Waals surface area contributed by atoms with Crippen LogP contribution < -0.4 is 5.32 Å². The normalized spacial score (nSPS) is 19.6. The van der Waals surface area contributed by atoms with Crippen LogP contribution in [0, 0.1) is 5.41 Å². The Balaban J connectivity index is 1.89. The highest BCUT2D eigenvalue weighted by molar-refractivity contribution is 7.09. The van der Waals surface area contributed by atoms with Crippen molar-refractivity contribution >= 4 is 11.3 Å². The third-order valence-electron chi connectivity index (χ3n) is 3.33. The summed E-state index contributed by atoms with van der Waals surface area (Å²) in [5.41, 5.74) is 2.35. The Morgan fingerprint density at radius 2 is 2.38 bits per heavy atom. The van der Waals surface area contributed by atoms with Gasteiger partial charge in [-0.15, -0.1) is 11.3 Å². The molecule has 0 aliphatic heterocycles. The van der Waals surface area contributed by atoms with E-state index in [9.17, 15) is 0 Å². The van der Waals surface area contributed by atoms with E-state index < -0.39 is 0 Å². The van der Waals surface area contributed by atoms with Gasteiger partial charge >= 0.3 is 0 Å². The number of nitrogens with one attached hydrogen (secondary N) is 1. The lowest BCUT2D eigenvalue weighted by Gasteiger charge is -2.29. The van der Waals surface area contributed by atoms with Gasteiger partial charge in [-0.2, -0.15) is 0 Å². The van der Waals surface area contributed by atoms with E-state index in [1.165, 1.54) is 37.0 Å². The molecule has 1 saturated carbocycles. The van der Waals surface area contributed by atoms with Crippen LogP contribution in [-0.4, -0.2) is 17.6 Å². The molecule has 0 aromatic carbocycles. The smallest absolute Gasteiger partial charge is 0.0794 e. The molecule has 0 saturated heterocycles. The average Bonchev–Trinajstić information content (AvgIpc) is 2.95. The van der Waals surface area contributed by atoms with E-state index in [4.69, 9.17) is 0 Å². The lowest BCUT2D eigenvalue weighted by Crippen LogP contribution is -2.34. The zero-order valence-electron chi connectivity index (χ0n) is 10.3. The number of hydrogen-bond acceptors (Lipinski definition) is 3. The standard InChI is InChI=1S/C13H22N2S/c1-3-6-13(2,9-15-11-4-5-11)7-12-8-14-10-16-12/h8,10-11,15H,3-7,9H2,1-2H3. The Morgan fingerprint density at radius 1 is 1.56 bits per heavy atom. The largest absolute Gasteiger partial charge is 0.313 e. The highest BCUT2D eigenvalue weighted by Crippen LogP contribution is 2.30. The molecule has 1 atom stereocenters. The van der Waals surface area contributed by atoms with Crippen LogP contribution in [0.2, 0.25) is 0 Å². The Kier molecular flexibility index (Phi) is 3.98. The van der Waals surface area contributed by atoms with Gasteiger partial charge in [0.2, 0.25) is 0 Å². The van der Waals surface area contributed by atoms with Crippen molar-refractivity contribution in [1.29, 1.82) is 0 Å². The van der Waals surface area contributed by atoms with Gasteiger partial charge in [0.05, 0.1) is 5.51 Å². The Labute approximate surface area is 102 Å². The van der Waals surface area contributed by atoms with E-state index >= 15 is 0 Å². The summed E-state index contributed by atoms with van der Waals surface area (Å²) in [5.74, 6) is 0. The highest BCUT2D eigenvalue weighted by atomic mass is 32.1. The monoisotopic (exact) mass is 238 g/mol. The van der Waals surface area contributed by atoms with Crippen LogP contribution in [0.3, 0.4) is 0 Å². The molecule has 16 heavy (non-hydrogen) atoms. The molecule has 1 aromatic rings.